The molecule has 26 heavy (non-hydrogen) atoms. The largest absolute Gasteiger partial charge is 0.360 e. The molecule has 3 aromatic rings. The Labute approximate surface area is 154 Å². The minimum Gasteiger partial charge on any atom is -0.360 e. The third-order valence-electron chi connectivity index (χ3n) is 5.32. The Hall–Kier alpha value is -2.31. The van der Waals surface area contributed by atoms with Crippen molar-refractivity contribution in [3.05, 3.63) is 54.0 Å². The van der Waals surface area contributed by atoms with Crippen molar-refractivity contribution in [3.8, 4) is 11.1 Å². The number of nitrogens with one attached hydrogen (secondary N) is 2. The number of hydrogen-bond acceptors (Lipinski definition) is 3. The van der Waals surface area contributed by atoms with E-state index in [1.54, 1.807) is 11.9 Å². The van der Waals surface area contributed by atoms with Gasteiger partial charge in [-0.05, 0) is 60.3 Å². The molecule has 2 unspecified atom stereocenters. The van der Waals surface area contributed by atoms with Crippen LogP contribution in [0, 0.1) is 5.82 Å². The van der Waals surface area contributed by atoms with E-state index in [0.29, 0.717) is 13.0 Å². The molecule has 0 spiro atoms. The predicted molar refractivity (Wildman–Crippen MR) is 101 cm³/mol. The number of aromatic amines is 1. The van der Waals surface area contributed by atoms with E-state index in [0.717, 1.165) is 22.0 Å². The lowest BCUT2D eigenvalue weighted by atomic mass is 9.99. The van der Waals surface area contributed by atoms with Gasteiger partial charge < -0.3 is 10.3 Å². The van der Waals surface area contributed by atoms with E-state index in [1.165, 1.54) is 22.6 Å². The van der Waals surface area contributed by atoms with Crippen molar-refractivity contribution >= 4 is 28.8 Å². The lowest BCUT2D eigenvalue weighted by molar-refractivity contribution is -0.119. The van der Waals surface area contributed by atoms with Crippen molar-refractivity contribution in [3.63, 3.8) is 0 Å². The highest BCUT2D eigenvalue weighted by Gasteiger charge is 2.37. The number of nitrogens with zero attached hydrogens (tertiary/aromatic N) is 1. The molecule has 1 amide bonds. The summed E-state index contributed by atoms with van der Waals surface area (Å²) in [7, 11) is 0. The molecule has 2 atom stereocenters. The van der Waals surface area contributed by atoms with Crippen LogP contribution in [-0.4, -0.2) is 27.8 Å². The lowest BCUT2D eigenvalue weighted by Crippen LogP contribution is -2.30. The fourth-order valence-electron chi connectivity index (χ4n) is 3.95. The maximum Gasteiger partial charge on any atom is 0.221 e. The Kier molecular flexibility index (Phi) is 3.58. The maximum absolute atomic E-state index is 13.4. The van der Waals surface area contributed by atoms with E-state index in [-0.39, 0.29) is 23.8 Å². The van der Waals surface area contributed by atoms with Gasteiger partial charge in [-0.1, -0.05) is 6.07 Å². The van der Waals surface area contributed by atoms with Gasteiger partial charge in [0.15, 0.2) is 0 Å². The summed E-state index contributed by atoms with van der Waals surface area (Å²) in [5.74, 6) is -0.106. The molecule has 0 bridgehead atoms. The summed E-state index contributed by atoms with van der Waals surface area (Å²) < 4.78 is 15.8. The summed E-state index contributed by atoms with van der Waals surface area (Å²) in [5, 5.41) is 3.94. The zero-order valence-corrected chi connectivity index (χ0v) is 15.1. The van der Waals surface area contributed by atoms with Gasteiger partial charge in [-0.25, -0.2) is 8.70 Å². The van der Waals surface area contributed by atoms with Gasteiger partial charge in [0.25, 0.3) is 0 Å². The van der Waals surface area contributed by atoms with Crippen molar-refractivity contribution < 1.29 is 9.18 Å². The van der Waals surface area contributed by atoms with Crippen LogP contribution < -0.4 is 5.32 Å². The summed E-state index contributed by atoms with van der Waals surface area (Å²) in [6, 6.07) is 11.8. The fraction of sp³-hybridized carbons (Fsp3) is 0.250. The number of rotatable bonds is 2. The number of aromatic nitrogens is 1. The molecule has 1 aromatic heterocycles. The van der Waals surface area contributed by atoms with Gasteiger partial charge in [0.1, 0.15) is 5.82 Å². The summed E-state index contributed by atoms with van der Waals surface area (Å²) in [6.07, 6.45) is 2.50. The molecule has 5 rings (SSSR count). The first-order valence-electron chi connectivity index (χ1n) is 8.74. The Morgan fingerprint density at radius 1 is 1.23 bits per heavy atom. The number of fused-ring (bicyclic) bond motifs is 2. The number of hydrogen-bond donors (Lipinski definition) is 2. The third-order valence-corrected chi connectivity index (χ3v) is 6.71. The molecule has 2 N–H and O–H groups in total. The molecule has 2 aromatic carbocycles. The van der Waals surface area contributed by atoms with Crippen LogP contribution in [-0.2, 0) is 4.79 Å². The highest BCUT2D eigenvalue weighted by Crippen LogP contribution is 2.47. The van der Waals surface area contributed by atoms with E-state index in [1.807, 2.05) is 12.3 Å². The van der Waals surface area contributed by atoms with Crippen LogP contribution in [0.25, 0.3) is 22.0 Å². The number of carbonyl (C=O) groups excluding carboxylic acids is 1. The number of halogens is 1. The average molecular weight is 367 g/mol. The van der Waals surface area contributed by atoms with E-state index in [4.69, 9.17) is 0 Å². The van der Waals surface area contributed by atoms with Crippen molar-refractivity contribution in [1.82, 2.24) is 14.6 Å². The molecule has 2 aliphatic rings. The van der Waals surface area contributed by atoms with Gasteiger partial charge in [-0.2, -0.15) is 0 Å². The first-order chi connectivity index (χ1) is 12.6. The zero-order valence-electron chi connectivity index (χ0n) is 14.3. The number of benzene rings is 2. The van der Waals surface area contributed by atoms with Gasteiger partial charge in [0.05, 0.1) is 0 Å². The van der Waals surface area contributed by atoms with Crippen LogP contribution in [0.3, 0.4) is 0 Å². The standard InChI is InChI=1S/C20H18FN3OS/c1-11-16-6-12(17-10-22-18-7-13(21)3-4-15(17)18)2-5-19(16)26-24(11)14-8-20(25)23-9-14/h2-7,10-11,14,22H,8-9H2,1H3,(H,23,25). The van der Waals surface area contributed by atoms with Crippen molar-refractivity contribution in [2.75, 3.05) is 6.54 Å². The second-order valence-electron chi connectivity index (χ2n) is 6.93. The fourth-order valence-corrected chi connectivity index (χ4v) is 5.21. The summed E-state index contributed by atoms with van der Waals surface area (Å²) in [6.45, 7) is 2.90. The van der Waals surface area contributed by atoms with Crippen LogP contribution >= 0.6 is 11.9 Å². The average Bonchev–Trinajstić information content (AvgIpc) is 3.32. The number of amides is 1. The predicted octanol–water partition coefficient (Wildman–Crippen LogP) is 4.25. The molecule has 1 fully saturated rings. The van der Waals surface area contributed by atoms with E-state index in [2.05, 4.69) is 39.7 Å². The molecule has 4 nitrogen and oxygen atoms in total. The van der Waals surface area contributed by atoms with Crippen molar-refractivity contribution in [2.45, 2.75) is 30.3 Å². The zero-order chi connectivity index (χ0) is 17.8. The number of H-pyrrole nitrogens is 1. The quantitative estimate of drug-likeness (QED) is 0.666. The second kappa shape index (κ2) is 5.86. The smallest absolute Gasteiger partial charge is 0.221 e. The summed E-state index contributed by atoms with van der Waals surface area (Å²) >= 11 is 1.74. The molecule has 6 heteroatoms. The molecular weight excluding hydrogens is 349 g/mol. The summed E-state index contributed by atoms with van der Waals surface area (Å²) in [5.41, 5.74) is 4.29. The van der Waals surface area contributed by atoms with E-state index < -0.39 is 0 Å². The molecular formula is C20H18FN3OS. The molecule has 3 heterocycles. The van der Waals surface area contributed by atoms with Crippen LogP contribution in [0.5, 0.6) is 0 Å². The Bertz CT molecular complexity index is 1030. The van der Waals surface area contributed by atoms with Crippen LogP contribution in [0.4, 0.5) is 4.39 Å². The Balaban J connectivity index is 1.51. The van der Waals surface area contributed by atoms with Gasteiger partial charge >= 0.3 is 0 Å². The monoisotopic (exact) mass is 367 g/mol. The molecule has 2 aliphatic heterocycles. The molecule has 1 saturated heterocycles. The first-order valence-corrected chi connectivity index (χ1v) is 9.51. The van der Waals surface area contributed by atoms with Crippen LogP contribution in [0.15, 0.2) is 47.5 Å². The Morgan fingerprint density at radius 2 is 2.12 bits per heavy atom. The lowest BCUT2D eigenvalue weighted by Gasteiger charge is -2.25. The summed E-state index contributed by atoms with van der Waals surface area (Å²) in [4.78, 5) is 16.0. The normalized spacial score (nSPS) is 22.8. The second-order valence-corrected chi connectivity index (χ2v) is 7.98. The first kappa shape index (κ1) is 15.9. The van der Waals surface area contributed by atoms with Gasteiger partial charge in [0.2, 0.25) is 5.91 Å². The minimum absolute atomic E-state index is 0.130. The van der Waals surface area contributed by atoms with Crippen LogP contribution in [0.1, 0.15) is 24.9 Å². The van der Waals surface area contributed by atoms with Gasteiger partial charge in [-0.15, -0.1) is 0 Å². The van der Waals surface area contributed by atoms with Gasteiger partial charge in [0, 0.05) is 52.6 Å². The maximum atomic E-state index is 13.4. The molecule has 132 valence electrons. The Morgan fingerprint density at radius 3 is 2.92 bits per heavy atom. The SMILES string of the molecule is CC1c2cc(-c3c[nH]c4cc(F)ccc34)ccc2SN1C1CNC(=O)C1. The third kappa shape index (κ3) is 2.44. The highest BCUT2D eigenvalue weighted by atomic mass is 32.2. The number of carbonyl (C=O) groups is 1. The topological polar surface area (TPSA) is 48.1 Å². The van der Waals surface area contributed by atoms with E-state index in [9.17, 15) is 9.18 Å². The van der Waals surface area contributed by atoms with E-state index >= 15 is 0 Å². The van der Waals surface area contributed by atoms with Crippen molar-refractivity contribution in [1.29, 1.82) is 0 Å². The van der Waals surface area contributed by atoms with Crippen LogP contribution in [0.2, 0.25) is 0 Å². The van der Waals surface area contributed by atoms with Gasteiger partial charge in [-0.3, -0.25) is 4.79 Å². The van der Waals surface area contributed by atoms with Crippen molar-refractivity contribution in [2.24, 2.45) is 0 Å². The highest BCUT2D eigenvalue weighted by molar-refractivity contribution is 7.97. The molecule has 0 radical (unpaired) electrons. The minimum atomic E-state index is -0.236. The molecule has 0 aliphatic carbocycles. The molecule has 0 saturated carbocycles.